The van der Waals surface area contributed by atoms with Crippen LogP contribution in [-0.4, -0.2) is 10.8 Å². The van der Waals surface area contributed by atoms with Crippen LogP contribution in [0.3, 0.4) is 0 Å². The van der Waals surface area contributed by atoms with Crippen molar-refractivity contribution in [3.05, 3.63) is 40.0 Å². The number of pyridine rings is 1. The molecule has 0 spiro atoms. The van der Waals surface area contributed by atoms with Crippen LogP contribution in [0.4, 0.5) is 0 Å². The summed E-state index contributed by atoms with van der Waals surface area (Å²) in [5.74, 6) is 0.708. The molecule has 3 rings (SSSR count). The summed E-state index contributed by atoms with van der Waals surface area (Å²) in [6.07, 6.45) is 3.25. The van der Waals surface area contributed by atoms with E-state index in [4.69, 9.17) is 16.6 Å². The average molecular weight is 316 g/mol. The maximum atomic E-state index is 11.6. The fourth-order valence-electron chi connectivity index (χ4n) is 3.34. The second-order valence-electron chi connectivity index (χ2n) is 7.49. The van der Waals surface area contributed by atoms with E-state index in [1.54, 1.807) is 13.0 Å². The van der Waals surface area contributed by atoms with Gasteiger partial charge in [0, 0.05) is 16.6 Å². The summed E-state index contributed by atoms with van der Waals surface area (Å²) >= 11 is 6.34. The van der Waals surface area contributed by atoms with Gasteiger partial charge >= 0.3 is 0 Å². The Bertz CT molecular complexity index is 758. The number of hydrogen-bond acceptors (Lipinski definition) is 2. The topological polar surface area (TPSA) is 30.0 Å². The Hall–Kier alpha value is -1.41. The van der Waals surface area contributed by atoms with Crippen LogP contribution in [0.2, 0.25) is 5.02 Å². The predicted octanol–water partition coefficient (Wildman–Crippen LogP) is 5.24. The Labute approximate surface area is 136 Å². The molecule has 116 valence electrons. The molecule has 0 fully saturated rings. The van der Waals surface area contributed by atoms with Crippen molar-refractivity contribution in [2.75, 3.05) is 0 Å². The lowest BCUT2D eigenvalue weighted by Gasteiger charge is -2.34. The predicted molar refractivity (Wildman–Crippen MR) is 91.7 cm³/mol. The van der Waals surface area contributed by atoms with Gasteiger partial charge in [0.25, 0.3) is 0 Å². The monoisotopic (exact) mass is 315 g/mol. The number of Topliss-reactive ketones (excluding diaryl/α,β-unsaturated/α-hetero) is 1. The minimum Gasteiger partial charge on any atom is -0.295 e. The van der Waals surface area contributed by atoms with Crippen molar-refractivity contribution in [2.45, 2.75) is 47.0 Å². The van der Waals surface area contributed by atoms with Crippen molar-refractivity contribution in [3.63, 3.8) is 0 Å². The van der Waals surface area contributed by atoms with Crippen molar-refractivity contribution in [1.29, 1.82) is 0 Å². The van der Waals surface area contributed by atoms with Crippen LogP contribution in [0.15, 0.2) is 18.2 Å². The summed E-state index contributed by atoms with van der Waals surface area (Å²) in [7, 11) is 0. The number of halogens is 1. The number of benzene rings is 1. The third kappa shape index (κ3) is 2.77. The zero-order valence-corrected chi connectivity index (χ0v) is 14.4. The summed E-state index contributed by atoms with van der Waals surface area (Å²) in [5.41, 5.74) is 4.27. The molecule has 0 amide bonds. The minimum absolute atomic E-state index is 0.0362. The van der Waals surface area contributed by atoms with E-state index in [0.29, 0.717) is 21.9 Å². The van der Waals surface area contributed by atoms with Gasteiger partial charge in [0.05, 0.1) is 10.5 Å². The Balaban J connectivity index is 2.11. The van der Waals surface area contributed by atoms with Crippen LogP contribution in [0, 0.1) is 11.3 Å². The van der Waals surface area contributed by atoms with Crippen molar-refractivity contribution < 1.29 is 4.79 Å². The molecular weight excluding hydrogens is 294 g/mol. The van der Waals surface area contributed by atoms with Crippen LogP contribution < -0.4 is 0 Å². The van der Waals surface area contributed by atoms with Gasteiger partial charge in [-0.15, -0.1) is 0 Å². The second-order valence-corrected chi connectivity index (χ2v) is 7.89. The third-order valence-electron chi connectivity index (χ3n) is 4.87. The maximum Gasteiger partial charge on any atom is 0.159 e. The van der Waals surface area contributed by atoms with E-state index in [1.807, 2.05) is 6.07 Å². The molecule has 2 aromatic rings. The molecule has 1 heterocycles. The molecule has 0 N–H and O–H groups in total. The number of hydrogen-bond donors (Lipinski definition) is 0. The molecule has 1 aromatic carbocycles. The van der Waals surface area contributed by atoms with Crippen LogP contribution in [-0.2, 0) is 12.8 Å². The first-order valence-electron chi connectivity index (χ1n) is 7.88. The SMILES string of the molecule is CC(=O)c1cc(Cl)c2nc3c(cc2c1)C[C@@H](C(C)(C)C)CC3. The molecule has 0 saturated heterocycles. The number of fused-ring (bicyclic) bond motifs is 2. The highest BCUT2D eigenvalue weighted by Crippen LogP contribution is 2.38. The van der Waals surface area contributed by atoms with E-state index >= 15 is 0 Å². The van der Waals surface area contributed by atoms with E-state index in [2.05, 4.69) is 26.8 Å². The summed E-state index contributed by atoms with van der Waals surface area (Å²) in [4.78, 5) is 16.4. The van der Waals surface area contributed by atoms with Gasteiger partial charge in [-0.05, 0) is 61.3 Å². The quantitative estimate of drug-likeness (QED) is 0.673. The van der Waals surface area contributed by atoms with Crippen LogP contribution in [0.1, 0.15) is 55.7 Å². The molecule has 1 aliphatic carbocycles. The van der Waals surface area contributed by atoms with Gasteiger partial charge in [0.1, 0.15) is 0 Å². The van der Waals surface area contributed by atoms with Crippen LogP contribution in [0.5, 0.6) is 0 Å². The molecule has 1 atom stereocenters. The van der Waals surface area contributed by atoms with Crippen molar-refractivity contribution in [1.82, 2.24) is 4.98 Å². The van der Waals surface area contributed by atoms with Crippen molar-refractivity contribution in [3.8, 4) is 0 Å². The van der Waals surface area contributed by atoms with Gasteiger partial charge in [-0.2, -0.15) is 0 Å². The van der Waals surface area contributed by atoms with Gasteiger partial charge in [-0.1, -0.05) is 32.4 Å². The van der Waals surface area contributed by atoms with Gasteiger partial charge in [0.2, 0.25) is 0 Å². The molecule has 1 aliphatic rings. The lowest BCUT2D eigenvalue weighted by Crippen LogP contribution is -2.27. The van der Waals surface area contributed by atoms with Gasteiger partial charge in [-0.3, -0.25) is 9.78 Å². The number of carbonyl (C=O) groups excluding carboxylic acids is 1. The van der Waals surface area contributed by atoms with E-state index in [-0.39, 0.29) is 5.78 Å². The Kier molecular flexibility index (Phi) is 3.76. The van der Waals surface area contributed by atoms with Crippen LogP contribution in [0.25, 0.3) is 10.9 Å². The molecule has 22 heavy (non-hydrogen) atoms. The second kappa shape index (κ2) is 5.34. The largest absolute Gasteiger partial charge is 0.295 e. The summed E-state index contributed by atoms with van der Waals surface area (Å²) in [6.45, 7) is 8.49. The zero-order valence-electron chi connectivity index (χ0n) is 13.7. The molecule has 0 unspecified atom stereocenters. The summed E-state index contributed by atoms with van der Waals surface area (Å²) in [6, 6.07) is 5.83. The normalized spacial score (nSPS) is 18.3. The fraction of sp³-hybridized carbons (Fsp3) is 0.474. The number of ketones is 1. The third-order valence-corrected chi connectivity index (χ3v) is 5.16. The Morgan fingerprint density at radius 3 is 2.64 bits per heavy atom. The first kappa shape index (κ1) is 15.5. The number of aryl methyl sites for hydroxylation is 1. The van der Waals surface area contributed by atoms with Gasteiger partial charge in [-0.25, -0.2) is 0 Å². The average Bonchev–Trinajstić information content (AvgIpc) is 2.43. The van der Waals surface area contributed by atoms with Crippen LogP contribution >= 0.6 is 11.6 Å². The molecule has 0 saturated carbocycles. The first-order chi connectivity index (χ1) is 10.3. The lowest BCUT2D eigenvalue weighted by atomic mass is 9.71. The lowest BCUT2D eigenvalue weighted by molar-refractivity contribution is 0.101. The van der Waals surface area contributed by atoms with E-state index in [0.717, 1.165) is 23.7 Å². The summed E-state index contributed by atoms with van der Waals surface area (Å²) in [5, 5.41) is 1.55. The van der Waals surface area contributed by atoms with Gasteiger partial charge < -0.3 is 0 Å². The fourth-order valence-corrected chi connectivity index (χ4v) is 3.61. The highest BCUT2D eigenvalue weighted by molar-refractivity contribution is 6.35. The van der Waals surface area contributed by atoms with E-state index < -0.39 is 0 Å². The maximum absolute atomic E-state index is 11.6. The molecule has 1 aromatic heterocycles. The molecule has 2 nitrogen and oxygen atoms in total. The highest BCUT2D eigenvalue weighted by Gasteiger charge is 2.29. The molecule has 3 heteroatoms. The number of nitrogens with zero attached hydrogens (tertiary/aromatic N) is 1. The molecular formula is C19H22ClNO. The standard InChI is InChI=1S/C19H22ClNO/c1-11(22)12-7-14-8-13-9-15(19(2,3)4)5-6-17(13)21-18(14)16(20)10-12/h7-8,10,15H,5-6,9H2,1-4H3/t15-/m0/s1. The number of aromatic nitrogens is 1. The van der Waals surface area contributed by atoms with Crippen molar-refractivity contribution >= 4 is 28.3 Å². The number of carbonyl (C=O) groups is 1. The first-order valence-corrected chi connectivity index (χ1v) is 8.26. The summed E-state index contributed by atoms with van der Waals surface area (Å²) < 4.78 is 0. The molecule has 0 aliphatic heterocycles. The van der Waals surface area contributed by atoms with Crippen molar-refractivity contribution in [2.24, 2.45) is 11.3 Å². The Morgan fingerprint density at radius 1 is 1.27 bits per heavy atom. The smallest absolute Gasteiger partial charge is 0.159 e. The highest BCUT2D eigenvalue weighted by atomic mass is 35.5. The van der Waals surface area contributed by atoms with E-state index in [9.17, 15) is 4.79 Å². The molecule has 0 bridgehead atoms. The number of rotatable bonds is 1. The van der Waals surface area contributed by atoms with Gasteiger partial charge in [0.15, 0.2) is 5.78 Å². The molecule has 0 radical (unpaired) electrons. The Morgan fingerprint density at radius 2 is 2.00 bits per heavy atom. The minimum atomic E-state index is 0.0362. The van der Waals surface area contributed by atoms with E-state index in [1.165, 1.54) is 17.7 Å². The zero-order chi connectivity index (χ0) is 16.1.